The number of hydrogen-bond acceptors (Lipinski definition) is 5. The third kappa shape index (κ3) is 5.46. The fourth-order valence-corrected chi connectivity index (χ4v) is 2.38. The third-order valence-corrected chi connectivity index (χ3v) is 3.49. The van der Waals surface area contributed by atoms with Crippen molar-refractivity contribution in [2.24, 2.45) is 0 Å². The molecule has 0 saturated carbocycles. The van der Waals surface area contributed by atoms with E-state index in [1.54, 1.807) is 56.5 Å². The molecule has 0 unspecified atom stereocenters. The number of nitriles is 1. The van der Waals surface area contributed by atoms with Crippen LogP contribution in [0.4, 0.5) is 16.2 Å². The van der Waals surface area contributed by atoms with Gasteiger partial charge in [0.25, 0.3) is 0 Å². The Morgan fingerprint density at radius 3 is 2.65 bits per heavy atom. The lowest BCUT2D eigenvalue weighted by molar-refractivity contribution is 0.207. The summed E-state index contributed by atoms with van der Waals surface area (Å²) < 4.78 is 10.7. The first-order valence-corrected chi connectivity index (χ1v) is 8.32. The van der Waals surface area contributed by atoms with E-state index in [1.807, 2.05) is 12.1 Å². The summed E-state index contributed by atoms with van der Waals surface area (Å²) in [7, 11) is 1.55. The molecule has 1 amide bonds. The van der Waals surface area contributed by atoms with Gasteiger partial charge in [-0.2, -0.15) is 5.26 Å². The predicted molar refractivity (Wildman–Crippen MR) is 105 cm³/mol. The molecule has 2 rings (SSSR count). The van der Waals surface area contributed by atoms with Crippen LogP contribution in [-0.2, 0) is 0 Å². The molecule has 0 radical (unpaired) electrons. The summed E-state index contributed by atoms with van der Waals surface area (Å²) >= 11 is 5.02. The SMILES string of the molecule is COc1cccc(N(CCC#N)C(=O)Oc2cccc(NC(C)=S)c2)c1. The molecule has 0 aliphatic rings. The van der Waals surface area contributed by atoms with Crippen molar-refractivity contribution in [2.45, 2.75) is 13.3 Å². The molecule has 0 aromatic heterocycles. The molecule has 0 aliphatic carbocycles. The molecule has 1 N–H and O–H groups in total. The molecule has 6 nitrogen and oxygen atoms in total. The van der Waals surface area contributed by atoms with Gasteiger partial charge in [0.1, 0.15) is 11.5 Å². The van der Waals surface area contributed by atoms with Gasteiger partial charge in [-0.25, -0.2) is 4.79 Å². The van der Waals surface area contributed by atoms with Gasteiger partial charge in [0.2, 0.25) is 0 Å². The summed E-state index contributed by atoms with van der Waals surface area (Å²) in [5.74, 6) is 0.987. The highest BCUT2D eigenvalue weighted by atomic mass is 32.1. The Morgan fingerprint density at radius 2 is 1.96 bits per heavy atom. The Hall–Kier alpha value is -3.11. The van der Waals surface area contributed by atoms with E-state index in [1.165, 1.54) is 4.90 Å². The Morgan fingerprint density at radius 1 is 1.23 bits per heavy atom. The second-order valence-electron chi connectivity index (χ2n) is 5.34. The van der Waals surface area contributed by atoms with Crippen LogP contribution in [0.2, 0.25) is 0 Å². The molecule has 0 heterocycles. The number of hydrogen-bond donors (Lipinski definition) is 1. The standard InChI is InChI=1S/C19H19N3O3S/c1-14(26)21-15-6-3-9-18(12-15)25-19(23)22(11-5-10-20)16-7-4-8-17(13-16)24-2/h3-4,6-9,12-13H,5,11H2,1-2H3,(H,21,26). The smallest absolute Gasteiger partial charge is 0.419 e. The minimum Gasteiger partial charge on any atom is -0.497 e. The van der Waals surface area contributed by atoms with Crippen LogP contribution in [0.1, 0.15) is 13.3 Å². The van der Waals surface area contributed by atoms with Gasteiger partial charge in [0.05, 0.1) is 30.3 Å². The average molecular weight is 369 g/mol. The highest BCUT2D eigenvalue weighted by Gasteiger charge is 2.18. The van der Waals surface area contributed by atoms with E-state index in [-0.39, 0.29) is 13.0 Å². The number of thiocarbonyl (C=S) groups is 1. The predicted octanol–water partition coefficient (Wildman–Crippen LogP) is 4.37. The van der Waals surface area contributed by atoms with Gasteiger partial charge in [0, 0.05) is 24.4 Å². The molecule has 134 valence electrons. The molecule has 0 fully saturated rings. The first-order valence-electron chi connectivity index (χ1n) is 7.91. The number of amides is 1. The van der Waals surface area contributed by atoms with Crippen LogP contribution in [0.3, 0.4) is 0 Å². The second kappa shape index (κ2) is 9.39. The van der Waals surface area contributed by atoms with Crippen LogP contribution in [0.25, 0.3) is 0 Å². The summed E-state index contributed by atoms with van der Waals surface area (Å²) in [6, 6.07) is 16.0. The van der Waals surface area contributed by atoms with Gasteiger partial charge in [0.15, 0.2) is 0 Å². The zero-order valence-corrected chi connectivity index (χ0v) is 15.4. The lowest BCUT2D eigenvalue weighted by Crippen LogP contribution is -2.34. The summed E-state index contributed by atoms with van der Waals surface area (Å²) in [5, 5.41) is 11.9. The monoisotopic (exact) mass is 369 g/mol. The number of benzene rings is 2. The van der Waals surface area contributed by atoms with E-state index in [4.69, 9.17) is 27.0 Å². The summed E-state index contributed by atoms with van der Waals surface area (Å²) in [4.78, 5) is 14.7. The van der Waals surface area contributed by atoms with Crippen LogP contribution in [-0.4, -0.2) is 24.7 Å². The molecule has 0 saturated heterocycles. The van der Waals surface area contributed by atoms with E-state index >= 15 is 0 Å². The van der Waals surface area contributed by atoms with E-state index in [0.717, 1.165) is 5.69 Å². The maximum atomic E-state index is 12.7. The minimum atomic E-state index is -0.579. The molecule has 0 aliphatic heterocycles. The highest BCUT2D eigenvalue weighted by molar-refractivity contribution is 7.80. The molecule has 2 aromatic rings. The van der Waals surface area contributed by atoms with Crippen LogP contribution in [0, 0.1) is 11.3 Å². The summed E-state index contributed by atoms with van der Waals surface area (Å²) in [6.07, 6.45) is -0.400. The fraction of sp³-hybridized carbons (Fsp3) is 0.211. The molecule has 0 spiro atoms. The molecule has 26 heavy (non-hydrogen) atoms. The van der Waals surface area contributed by atoms with Gasteiger partial charge in [-0.3, -0.25) is 4.90 Å². The fourth-order valence-electron chi connectivity index (χ4n) is 2.26. The quantitative estimate of drug-likeness (QED) is 0.762. The van der Waals surface area contributed by atoms with Gasteiger partial charge in [-0.15, -0.1) is 0 Å². The summed E-state index contributed by atoms with van der Waals surface area (Å²) in [6.45, 7) is 1.97. The van der Waals surface area contributed by atoms with Crippen molar-refractivity contribution in [1.82, 2.24) is 0 Å². The van der Waals surface area contributed by atoms with Gasteiger partial charge in [-0.05, 0) is 31.2 Å². The number of rotatable bonds is 6. The van der Waals surface area contributed by atoms with E-state index in [2.05, 4.69) is 5.32 Å². The van der Waals surface area contributed by atoms with Crippen molar-refractivity contribution in [3.8, 4) is 17.6 Å². The Balaban J connectivity index is 2.21. The topological polar surface area (TPSA) is 74.6 Å². The second-order valence-corrected chi connectivity index (χ2v) is 5.95. The first kappa shape index (κ1) is 19.2. The maximum Gasteiger partial charge on any atom is 0.419 e. The third-order valence-electron chi connectivity index (χ3n) is 3.39. The number of carbonyl (C=O) groups excluding carboxylic acids is 1. The van der Waals surface area contributed by atoms with Crippen molar-refractivity contribution in [3.05, 3.63) is 48.5 Å². The van der Waals surface area contributed by atoms with Gasteiger partial charge >= 0.3 is 6.09 Å². The van der Waals surface area contributed by atoms with E-state index in [9.17, 15) is 4.79 Å². The number of ether oxygens (including phenoxy) is 2. The van der Waals surface area contributed by atoms with Gasteiger partial charge < -0.3 is 14.8 Å². The number of methoxy groups -OCH3 is 1. The number of anilines is 2. The molecule has 0 bridgehead atoms. The Kier molecular flexibility index (Phi) is 6.94. The van der Waals surface area contributed by atoms with Crippen molar-refractivity contribution in [1.29, 1.82) is 5.26 Å². The zero-order chi connectivity index (χ0) is 18.9. The molecular weight excluding hydrogens is 350 g/mol. The highest BCUT2D eigenvalue weighted by Crippen LogP contribution is 2.24. The maximum absolute atomic E-state index is 12.7. The minimum absolute atomic E-state index is 0.179. The number of nitrogens with one attached hydrogen (secondary N) is 1. The number of nitrogens with zero attached hydrogens (tertiary/aromatic N) is 2. The van der Waals surface area contributed by atoms with Crippen LogP contribution in [0.15, 0.2) is 48.5 Å². The van der Waals surface area contributed by atoms with Crippen molar-refractivity contribution in [2.75, 3.05) is 23.9 Å². The number of carbonyl (C=O) groups is 1. The van der Waals surface area contributed by atoms with E-state index < -0.39 is 6.09 Å². The van der Waals surface area contributed by atoms with Gasteiger partial charge in [-0.1, -0.05) is 24.4 Å². The van der Waals surface area contributed by atoms with Crippen LogP contribution >= 0.6 is 12.2 Å². The van der Waals surface area contributed by atoms with Crippen LogP contribution in [0.5, 0.6) is 11.5 Å². The lowest BCUT2D eigenvalue weighted by atomic mass is 10.2. The average Bonchev–Trinajstić information content (AvgIpc) is 2.62. The molecule has 2 aromatic carbocycles. The van der Waals surface area contributed by atoms with Crippen molar-refractivity contribution in [3.63, 3.8) is 0 Å². The molecule has 0 atom stereocenters. The molecule has 7 heteroatoms. The van der Waals surface area contributed by atoms with Crippen molar-refractivity contribution >= 4 is 34.7 Å². The van der Waals surface area contributed by atoms with E-state index in [0.29, 0.717) is 22.2 Å². The normalized spacial score (nSPS) is 9.73. The summed E-state index contributed by atoms with van der Waals surface area (Å²) in [5.41, 5.74) is 1.32. The lowest BCUT2D eigenvalue weighted by Gasteiger charge is -2.21. The Bertz CT molecular complexity index is 833. The Labute approximate surface area is 157 Å². The first-order chi connectivity index (χ1) is 12.5. The van der Waals surface area contributed by atoms with Crippen molar-refractivity contribution < 1.29 is 14.3 Å². The van der Waals surface area contributed by atoms with Crippen LogP contribution < -0.4 is 19.7 Å². The largest absolute Gasteiger partial charge is 0.497 e. The zero-order valence-electron chi connectivity index (χ0n) is 14.6. The molecular formula is C19H19N3O3S.